The second-order valence-corrected chi connectivity index (χ2v) is 6.65. The van der Waals surface area contributed by atoms with Crippen LogP contribution in [0.25, 0.3) is 21.3 Å². The molecule has 0 unspecified atom stereocenters. The largest absolute Gasteiger partial charge is 2.00 e. The molecular weight excluding hydrogens is 526 g/mol. The van der Waals surface area contributed by atoms with Crippen molar-refractivity contribution in [3.8, 4) is 0 Å². The molecule has 4 rings (SSSR count). The molecule has 2 radical (unpaired) electrons. The van der Waals surface area contributed by atoms with Gasteiger partial charge in [-0.3, -0.25) is 12.3 Å². The van der Waals surface area contributed by atoms with E-state index in [1.165, 1.54) is 51.4 Å². The Morgan fingerprint density at radius 3 is 0.714 bits per heavy atom. The van der Waals surface area contributed by atoms with Crippen LogP contribution in [0.15, 0.2) is 48.6 Å². The molecule has 2 heterocycles. The van der Waals surface area contributed by atoms with Crippen molar-refractivity contribution in [1.82, 2.24) is 0 Å². The van der Waals surface area contributed by atoms with E-state index in [1.54, 1.807) is 0 Å². The van der Waals surface area contributed by atoms with Crippen molar-refractivity contribution in [3.63, 3.8) is 0 Å². The first-order valence-electron chi connectivity index (χ1n) is 10.2. The summed E-state index contributed by atoms with van der Waals surface area (Å²) in [7, 11) is 0. The topological polar surface area (TPSA) is 56.4 Å². The van der Waals surface area contributed by atoms with Gasteiger partial charge in [-0.1, -0.05) is 48.6 Å². The van der Waals surface area contributed by atoms with Gasteiger partial charge in [-0.15, -0.1) is 0 Å². The summed E-state index contributed by atoms with van der Waals surface area (Å²) in [6.07, 6.45) is 28.1. The summed E-state index contributed by atoms with van der Waals surface area (Å²) in [6, 6.07) is 0. The maximum Gasteiger partial charge on any atom is 2.00 e. The van der Waals surface area contributed by atoms with Crippen LogP contribution in [-0.2, 0) is 39.0 Å². The molecule has 0 aromatic rings. The van der Waals surface area contributed by atoms with Gasteiger partial charge in [-0.25, -0.2) is 0 Å². The maximum atomic E-state index is 4.26. The van der Waals surface area contributed by atoms with E-state index >= 15 is 0 Å². The summed E-state index contributed by atoms with van der Waals surface area (Å²) in [6.45, 7) is 3.47. The predicted molar refractivity (Wildman–Crippen MR) is 114 cm³/mol. The van der Waals surface area contributed by atoms with E-state index in [0.717, 1.165) is 26.2 Å². The molecule has 0 N–H and O–H groups in total. The number of allylic oxidation sites excluding steroid dienone is 8. The molecule has 2 aliphatic heterocycles. The Labute approximate surface area is 198 Å². The summed E-state index contributed by atoms with van der Waals surface area (Å²) < 4.78 is 0. The molecule has 6 heteroatoms. The van der Waals surface area contributed by atoms with Crippen molar-refractivity contribution >= 4 is 0 Å². The minimum atomic E-state index is 0. The van der Waals surface area contributed by atoms with Crippen molar-refractivity contribution < 1.29 is 39.0 Å². The van der Waals surface area contributed by atoms with E-state index < -0.39 is 0 Å². The summed E-state index contributed by atoms with van der Waals surface area (Å²) in [4.78, 5) is 0. The fraction of sp³-hybridized carbons (Fsp3) is 0.636. The Hall–Kier alpha value is 0.0468. The van der Waals surface area contributed by atoms with E-state index in [2.05, 4.69) is 69.9 Å². The third-order valence-electron chi connectivity index (χ3n) is 4.40. The van der Waals surface area contributed by atoms with Crippen LogP contribution in [0.4, 0.5) is 0 Å². The normalized spacial score (nSPS) is 22.1. The van der Waals surface area contributed by atoms with E-state index in [0.29, 0.717) is 0 Å². The van der Waals surface area contributed by atoms with Crippen molar-refractivity contribution in [2.24, 2.45) is 0 Å². The van der Waals surface area contributed by atoms with Gasteiger partial charge in [0.2, 0.25) is 0 Å². The molecule has 0 aromatic heterocycles. The van der Waals surface area contributed by atoms with Crippen LogP contribution in [0.3, 0.4) is 0 Å². The van der Waals surface area contributed by atoms with Crippen LogP contribution in [0.1, 0.15) is 51.4 Å². The number of hydrogen-bond donors (Lipinski definition) is 0. The standard InChI is InChI=1S/2C8H12.C6H10N4.2Rh/c2*1-2-4-6-8-7-5-3-1;1-2-8-5(7-1)6-9-3-4-10-6;;/h2*1-2,7-8H,3-6H2;5-6H,1-4H2;;/q;;-4;2*+2. The molecule has 160 valence electrons. The van der Waals surface area contributed by atoms with Gasteiger partial charge in [0.05, 0.1) is 0 Å². The molecule has 0 aromatic carbocycles. The second-order valence-electron chi connectivity index (χ2n) is 6.65. The first-order valence-corrected chi connectivity index (χ1v) is 10.2. The minimum Gasteiger partial charge on any atom is -0.682 e. The van der Waals surface area contributed by atoms with E-state index in [9.17, 15) is 0 Å². The third-order valence-corrected chi connectivity index (χ3v) is 4.40. The molecule has 0 bridgehead atoms. The first kappa shape index (κ1) is 28.0. The van der Waals surface area contributed by atoms with Crippen molar-refractivity contribution in [2.75, 3.05) is 26.2 Å². The van der Waals surface area contributed by atoms with Gasteiger partial charge < -0.3 is 21.3 Å². The van der Waals surface area contributed by atoms with Gasteiger partial charge in [-0.05, 0) is 51.4 Å². The number of hydrogen-bond acceptors (Lipinski definition) is 0. The van der Waals surface area contributed by atoms with Gasteiger partial charge in [0.15, 0.2) is 0 Å². The van der Waals surface area contributed by atoms with E-state index in [1.807, 2.05) is 0 Å². The van der Waals surface area contributed by atoms with Gasteiger partial charge in [0.25, 0.3) is 0 Å². The van der Waals surface area contributed by atoms with Gasteiger partial charge >= 0.3 is 39.0 Å². The summed E-state index contributed by atoms with van der Waals surface area (Å²) in [5.74, 6) is 0. The van der Waals surface area contributed by atoms with Crippen LogP contribution in [0, 0.1) is 0 Å². The average Bonchev–Trinajstić information content (AvgIpc) is 3.29. The molecule has 2 aliphatic carbocycles. The maximum absolute atomic E-state index is 4.26. The van der Waals surface area contributed by atoms with Crippen molar-refractivity contribution in [1.29, 1.82) is 0 Å². The molecule has 2 saturated heterocycles. The molecule has 2 fully saturated rings. The van der Waals surface area contributed by atoms with Crippen LogP contribution < -0.4 is 0 Å². The zero-order valence-electron chi connectivity index (χ0n) is 16.7. The van der Waals surface area contributed by atoms with Crippen LogP contribution in [-0.4, -0.2) is 38.5 Å². The van der Waals surface area contributed by atoms with Crippen LogP contribution in [0.2, 0.25) is 0 Å². The fourth-order valence-electron chi connectivity index (χ4n) is 2.97. The minimum absolute atomic E-state index is 0. The Kier molecular flexibility index (Phi) is 20.4. The molecule has 0 amide bonds. The van der Waals surface area contributed by atoms with Gasteiger partial charge in [0.1, 0.15) is 0 Å². The monoisotopic (exact) mass is 560 g/mol. The van der Waals surface area contributed by atoms with Crippen LogP contribution in [0.5, 0.6) is 0 Å². The first-order chi connectivity index (χ1) is 13.0. The number of nitrogens with zero attached hydrogens (tertiary/aromatic N) is 4. The molecule has 4 aliphatic rings. The van der Waals surface area contributed by atoms with Gasteiger partial charge in [-0.2, -0.15) is 26.2 Å². The molecular formula is C22H34N4Rh2. The predicted octanol–water partition coefficient (Wildman–Crippen LogP) is 6.50. The van der Waals surface area contributed by atoms with Crippen molar-refractivity contribution in [2.45, 2.75) is 63.7 Å². The van der Waals surface area contributed by atoms with E-state index in [-0.39, 0.29) is 51.3 Å². The Morgan fingerprint density at radius 2 is 0.536 bits per heavy atom. The third kappa shape index (κ3) is 14.1. The second kappa shape index (κ2) is 20.3. The summed E-state index contributed by atoms with van der Waals surface area (Å²) in [5.41, 5.74) is 0. The fourth-order valence-corrected chi connectivity index (χ4v) is 2.97. The van der Waals surface area contributed by atoms with Crippen LogP contribution >= 0.6 is 0 Å². The number of rotatable bonds is 1. The smallest absolute Gasteiger partial charge is 0.682 e. The zero-order valence-corrected chi connectivity index (χ0v) is 20.0. The Balaban J connectivity index is 0.000000381. The SMILES string of the molecule is C1=CCCC=CCC1.C1=CCCC=CCC1.C1C[N-]C(C2[N-]CC[N-]2)[N-]1.[Rh+2].[Rh+2]. The average molecular weight is 560 g/mol. The molecule has 0 spiro atoms. The van der Waals surface area contributed by atoms with Crippen molar-refractivity contribution in [3.05, 3.63) is 69.9 Å². The molecule has 28 heavy (non-hydrogen) atoms. The summed E-state index contributed by atoms with van der Waals surface area (Å²) in [5, 5.41) is 17.1. The molecule has 0 saturated carbocycles. The summed E-state index contributed by atoms with van der Waals surface area (Å²) >= 11 is 0. The Bertz CT molecular complexity index is 357. The quantitative estimate of drug-likeness (QED) is 0.260. The van der Waals surface area contributed by atoms with Gasteiger partial charge in [0, 0.05) is 0 Å². The zero-order chi connectivity index (χ0) is 18.1. The molecule has 0 atom stereocenters. The van der Waals surface area contributed by atoms with E-state index in [4.69, 9.17) is 0 Å². The Morgan fingerprint density at radius 1 is 0.357 bits per heavy atom. The molecule has 4 nitrogen and oxygen atoms in total.